The molecule has 2 unspecified atom stereocenters. The molecule has 3 atom stereocenters. The van der Waals surface area contributed by atoms with Crippen LogP contribution in [0.2, 0.25) is 0 Å². The van der Waals surface area contributed by atoms with Crippen molar-refractivity contribution in [1.29, 1.82) is 5.26 Å². The Hall–Kier alpha value is -3.77. The Bertz CT molecular complexity index is 2060. The first kappa shape index (κ1) is 33.7. The summed E-state index contributed by atoms with van der Waals surface area (Å²) in [4.78, 5) is 12.4. The van der Waals surface area contributed by atoms with Gasteiger partial charge in [-0.25, -0.2) is 22.0 Å². The topological polar surface area (TPSA) is 65.3 Å². The lowest BCUT2D eigenvalue weighted by Crippen LogP contribution is -2.43. The average Bonchev–Trinajstić information content (AvgIpc) is 3.55. The normalized spacial score (nSPS) is 26.0. The minimum atomic E-state index is -5.14. The van der Waals surface area contributed by atoms with Gasteiger partial charge in [-0.2, -0.15) is 28.4 Å². The molecule has 0 radical (unpaired) electrons. The number of ether oxygens (including phenoxy) is 1. The number of aromatic nitrogens is 2. The molecule has 15 heteroatoms. The molecule has 0 amide bonds. The van der Waals surface area contributed by atoms with E-state index in [1.165, 1.54) is 11.8 Å². The van der Waals surface area contributed by atoms with Crippen LogP contribution in [0.15, 0.2) is 18.2 Å². The summed E-state index contributed by atoms with van der Waals surface area (Å²) in [5, 5.41) is 9.32. The molecule has 6 nitrogen and oxygen atoms in total. The molecule has 4 aliphatic rings. The van der Waals surface area contributed by atoms with E-state index < -0.39 is 57.5 Å². The first-order valence-corrected chi connectivity index (χ1v) is 16.4. The van der Waals surface area contributed by atoms with E-state index in [4.69, 9.17) is 4.74 Å². The van der Waals surface area contributed by atoms with Crippen molar-refractivity contribution >= 4 is 38.1 Å². The van der Waals surface area contributed by atoms with Crippen LogP contribution in [-0.4, -0.2) is 65.3 Å². The van der Waals surface area contributed by atoms with E-state index in [0.717, 1.165) is 29.9 Å². The molecular formula is C34H31F8N5OS. The van der Waals surface area contributed by atoms with Crippen molar-refractivity contribution in [2.45, 2.75) is 70.3 Å². The molecule has 2 aromatic heterocycles. The number of hydrogen-bond donors (Lipinski definition) is 0. The van der Waals surface area contributed by atoms with E-state index in [-0.39, 0.29) is 91.4 Å². The van der Waals surface area contributed by atoms with E-state index in [1.807, 2.05) is 11.0 Å². The zero-order valence-corrected chi connectivity index (χ0v) is 26.3. The van der Waals surface area contributed by atoms with Gasteiger partial charge in [-0.1, -0.05) is 13.5 Å². The lowest BCUT2D eigenvalue weighted by Gasteiger charge is -2.31. The molecule has 1 saturated carbocycles. The predicted octanol–water partition coefficient (Wildman–Crippen LogP) is 8.82. The highest BCUT2D eigenvalue weighted by atomic mass is 32.1. The summed E-state index contributed by atoms with van der Waals surface area (Å²) in [6.45, 7) is 2.17. The van der Waals surface area contributed by atoms with Gasteiger partial charge in [0, 0.05) is 53.7 Å². The smallest absolute Gasteiger partial charge is 0.417 e. The van der Waals surface area contributed by atoms with Gasteiger partial charge in [-0.05, 0) is 50.4 Å². The lowest BCUT2D eigenvalue weighted by atomic mass is 9.92. The maximum atomic E-state index is 16.9. The average molecular weight is 710 g/mol. The number of benzene rings is 2. The molecular weight excluding hydrogens is 678 g/mol. The molecule has 3 aliphatic heterocycles. The standard InChI is InChI=1S/C33H27F8N5OS.CH4/c1-16-20(11-42)23-18(3-4-22(35)27(23)48-16)24-21(33(39,40)41)9-19-26(25(24)36)43-29(47-15-31-5-2-7-46(31)12-17(34)10-31)44-28(19)45-8-6-30(14-45)13-32(30,37)38;/h3-4,9,17H,2,5-8,10,12-15H2,1H3;1H4/t17?,30?,31-;/m0./s1. The maximum Gasteiger partial charge on any atom is 0.417 e. The second kappa shape index (κ2) is 11.1. The fraction of sp³-hybridized carbons (Fsp3) is 0.500. The molecule has 260 valence electrons. The molecule has 1 aliphatic carbocycles. The van der Waals surface area contributed by atoms with Crippen LogP contribution in [0, 0.1) is 35.3 Å². The van der Waals surface area contributed by atoms with Crippen LogP contribution < -0.4 is 9.64 Å². The summed E-state index contributed by atoms with van der Waals surface area (Å²) in [6, 6.07) is 4.13. The fourth-order valence-corrected chi connectivity index (χ4v) is 9.17. The van der Waals surface area contributed by atoms with Gasteiger partial charge in [-0.3, -0.25) is 4.90 Å². The minimum absolute atomic E-state index is 0. The Balaban J connectivity index is 0.00000378. The number of alkyl halides is 6. The second-order valence-corrected chi connectivity index (χ2v) is 14.7. The highest BCUT2D eigenvalue weighted by molar-refractivity contribution is 7.19. The molecule has 5 heterocycles. The van der Waals surface area contributed by atoms with Crippen molar-refractivity contribution in [3.05, 3.63) is 45.8 Å². The molecule has 4 aromatic rings. The molecule has 3 saturated heterocycles. The third-order valence-corrected chi connectivity index (χ3v) is 11.8. The SMILES string of the molecule is C.Cc1sc2c(F)ccc(-c3c(C(F)(F)F)cc4c(N5CCC6(C5)CC6(F)F)nc(OC[C@@]56CCCN5CC(F)C6)nc4c3F)c2c1C#N. The van der Waals surface area contributed by atoms with Crippen LogP contribution in [-0.2, 0) is 6.18 Å². The van der Waals surface area contributed by atoms with Crippen LogP contribution in [0.5, 0.6) is 6.01 Å². The van der Waals surface area contributed by atoms with Gasteiger partial charge in [0.15, 0.2) is 5.82 Å². The Morgan fingerprint density at radius 1 is 1.14 bits per heavy atom. The number of halogens is 8. The summed E-state index contributed by atoms with van der Waals surface area (Å²) < 4.78 is 126. The van der Waals surface area contributed by atoms with E-state index in [1.54, 1.807) is 0 Å². The number of fused-ring (bicyclic) bond motifs is 3. The number of nitrogens with zero attached hydrogens (tertiary/aromatic N) is 5. The molecule has 2 aromatic carbocycles. The van der Waals surface area contributed by atoms with E-state index >= 15 is 4.39 Å². The van der Waals surface area contributed by atoms with Gasteiger partial charge >= 0.3 is 12.2 Å². The Morgan fingerprint density at radius 2 is 1.90 bits per heavy atom. The van der Waals surface area contributed by atoms with Crippen molar-refractivity contribution in [3.63, 3.8) is 0 Å². The fourth-order valence-electron chi connectivity index (χ4n) is 8.14. The third kappa shape index (κ3) is 5.03. The zero-order chi connectivity index (χ0) is 34.0. The van der Waals surface area contributed by atoms with Gasteiger partial charge < -0.3 is 9.64 Å². The summed E-state index contributed by atoms with van der Waals surface area (Å²) in [5.41, 5.74) is -5.35. The minimum Gasteiger partial charge on any atom is -0.461 e. The molecule has 49 heavy (non-hydrogen) atoms. The van der Waals surface area contributed by atoms with Gasteiger partial charge in [0.2, 0.25) is 0 Å². The maximum absolute atomic E-state index is 16.9. The van der Waals surface area contributed by atoms with Crippen molar-refractivity contribution < 1.29 is 39.9 Å². The van der Waals surface area contributed by atoms with Crippen molar-refractivity contribution in [3.8, 4) is 23.2 Å². The summed E-state index contributed by atoms with van der Waals surface area (Å²) >= 11 is 0.869. The molecule has 0 bridgehead atoms. The van der Waals surface area contributed by atoms with Crippen LogP contribution in [0.4, 0.5) is 40.9 Å². The number of aryl methyl sites for hydroxylation is 1. The quantitative estimate of drug-likeness (QED) is 0.193. The Kier molecular flexibility index (Phi) is 7.65. The first-order chi connectivity index (χ1) is 22.7. The second-order valence-electron chi connectivity index (χ2n) is 13.5. The highest BCUT2D eigenvalue weighted by Gasteiger charge is 2.72. The molecule has 4 fully saturated rings. The summed E-state index contributed by atoms with van der Waals surface area (Å²) in [5.74, 6) is -5.32. The predicted molar refractivity (Wildman–Crippen MR) is 169 cm³/mol. The van der Waals surface area contributed by atoms with E-state index in [0.29, 0.717) is 23.9 Å². The molecule has 0 N–H and O–H groups in total. The van der Waals surface area contributed by atoms with Gasteiger partial charge in [0.1, 0.15) is 36.0 Å². The summed E-state index contributed by atoms with van der Waals surface area (Å²) in [7, 11) is 0. The Morgan fingerprint density at radius 3 is 2.57 bits per heavy atom. The van der Waals surface area contributed by atoms with Gasteiger partial charge in [-0.15, -0.1) is 11.3 Å². The Labute approximate surface area is 280 Å². The van der Waals surface area contributed by atoms with Crippen LogP contribution in [0.1, 0.15) is 55.5 Å². The van der Waals surface area contributed by atoms with Crippen molar-refractivity contribution in [1.82, 2.24) is 14.9 Å². The monoisotopic (exact) mass is 709 g/mol. The zero-order valence-electron chi connectivity index (χ0n) is 25.5. The van der Waals surface area contributed by atoms with Gasteiger partial charge in [0.05, 0.1) is 26.8 Å². The summed E-state index contributed by atoms with van der Waals surface area (Å²) in [6.07, 6.45) is -4.89. The van der Waals surface area contributed by atoms with Crippen LogP contribution >= 0.6 is 11.3 Å². The number of hydrogen-bond acceptors (Lipinski definition) is 7. The number of nitriles is 1. The van der Waals surface area contributed by atoms with E-state index in [2.05, 4.69) is 9.97 Å². The van der Waals surface area contributed by atoms with E-state index in [9.17, 15) is 36.0 Å². The number of anilines is 1. The van der Waals surface area contributed by atoms with Crippen molar-refractivity contribution in [2.24, 2.45) is 5.41 Å². The highest BCUT2D eigenvalue weighted by Crippen LogP contribution is 2.65. The number of rotatable bonds is 5. The number of thiophene rings is 1. The van der Waals surface area contributed by atoms with Crippen LogP contribution in [0.3, 0.4) is 0 Å². The van der Waals surface area contributed by atoms with Gasteiger partial charge in [0.25, 0.3) is 5.92 Å². The molecule has 1 spiro atoms. The first-order valence-electron chi connectivity index (χ1n) is 15.6. The van der Waals surface area contributed by atoms with Crippen LogP contribution in [0.25, 0.3) is 32.1 Å². The van der Waals surface area contributed by atoms with Crippen molar-refractivity contribution in [2.75, 3.05) is 37.7 Å². The third-order valence-electron chi connectivity index (χ3n) is 10.6. The largest absolute Gasteiger partial charge is 0.461 e. The molecule has 8 rings (SSSR count). The lowest BCUT2D eigenvalue weighted by molar-refractivity contribution is -0.137.